The number of benzene rings is 1. The maximum Gasteiger partial charge on any atom is 0.337 e. The largest absolute Gasteiger partial charge is 0.478 e. The van der Waals surface area contributed by atoms with E-state index in [1.165, 1.54) is 36.7 Å². The number of carboxylic acid groups (broad SMARTS) is 1. The van der Waals surface area contributed by atoms with Gasteiger partial charge in [0.15, 0.2) is 10.9 Å². The summed E-state index contributed by atoms with van der Waals surface area (Å²) in [6.45, 7) is 2.12. The average molecular weight is 455 g/mol. The summed E-state index contributed by atoms with van der Waals surface area (Å²) in [7, 11) is 0. The van der Waals surface area contributed by atoms with Crippen molar-refractivity contribution in [3.05, 3.63) is 60.1 Å². The molecule has 0 atom stereocenters. The molecule has 11 heteroatoms. The Labute approximate surface area is 184 Å². The van der Waals surface area contributed by atoms with Gasteiger partial charge in [0.2, 0.25) is 0 Å². The second-order valence-corrected chi connectivity index (χ2v) is 7.57. The summed E-state index contributed by atoms with van der Waals surface area (Å²) in [5, 5.41) is 14.4. The third kappa shape index (κ3) is 3.97. The quantitative estimate of drug-likeness (QED) is 0.407. The molecule has 0 spiro atoms. The number of aromatic nitrogens is 3. The first kappa shape index (κ1) is 21.2. The molecule has 162 valence electrons. The summed E-state index contributed by atoms with van der Waals surface area (Å²) >= 11 is 0.968. The maximum atomic E-state index is 15.5. The molecule has 4 aromatic rings. The molecule has 4 rings (SSSR count). The highest BCUT2D eigenvalue weighted by molar-refractivity contribution is 7.22. The number of urea groups is 1. The Kier molecular flexibility index (Phi) is 5.73. The SMILES string of the molecule is CCNC(=O)Nc1nc2c(F)c(-c3cncc(C(=O)O)c3)cc(-c3ncccc3F)c2s1. The van der Waals surface area contributed by atoms with Crippen LogP contribution in [0.1, 0.15) is 17.3 Å². The number of nitrogens with zero attached hydrogens (tertiary/aromatic N) is 3. The van der Waals surface area contributed by atoms with Crippen LogP contribution in [-0.4, -0.2) is 38.6 Å². The standard InChI is InChI=1S/C21H15F2N5O3S/c1-2-25-20(31)28-21-27-17-15(23)12(10-6-11(19(29)30)9-24-8-10)7-13(18(17)32-21)16-14(22)4-3-5-26-16/h3-9H,2H2,1H3,(H,29,30)(H2,25,27,28,31). The molecule has 0 aliphatic rings. The number of hydrogen-bond acceptors (Lipinski definition) is 6. The molecule has 3 aromatic heterocycles. The van der Waals surface area contributed by atoms with Gasteiger partial charge in [0, 0.05) is 41.8 Å². The van der Waals surface area contributed by atoms with Crippen LogP contribution in [0.25, 0.3) is 32.6 Å². The van der Waals surface area contributed by atoms with Gasteiger partial charge in [0.25, 0.3) is 0 Å². The summed E-state index contributed by atoms with van der Waals surface area (Å²) in [5.74, 6) is -2.61. The van der Waals surface area contributed by atoms with Crippen molar-refractivity contribution < 1.29 is 23.5 Å². The van der Waals surface area contributed by atoms with Gasteiger partial charge in [-0.15, -0.1) is 0 Å². The number of fused-ring (bicyclic) bond motifs is 1. The van der Waals surface area contributed by atoms with E-state index in [1.807, 2.05) is 0 Å². The number of nitrogens with one attached hydrogen (secondary N) is 2. The number of pyridine rings is 2. The second-order valence-electron chi connectivity index (χ2n) is 6.57. The van der Waals surface area contributed by atoms with Gasteiger partial charge >= 0.3 is 12.0 Å². The van der Waals surface area contributed by atoms with Crippen LogP contribution in [0, 0.1) is 11.6 Å². The fourth-order valence-corrected chi connectivity index (χ4v) is 4.05. The Bertz CT molecular complexity index is 1360. The first-order valence-corrected chi connectivity index (χ1v) is 10.2. The van der Waals surface area contributed by atoms with Crippen molar-refractivity contribution in [3.63, 3.8) is 0 Å². The van der Waals surface area contributed by atoms with Gasteiger partial charge in [-0.3, -0.25) is 15.3 Å². The minimum Gasteiger partial charge on any atom is -0.478 e. The van der Waals surface area contributed by atoms with Crippen LogP contribution in [0.5, 0.6) is 0 Å². The highest BCUT2D eigenvalue weighted by atomic mass is 32.1. The van der Waals surface area contributed by atoms with Gasteiger partial charge < -0.3 is 10.4 Å². The molecule has 0 aliphatic heterocycles. The lowest BCUT2D eigenvalue weighted by Gasteiger charge is -2.10. The Morgan fingerprint density at radius 3 is 2.72 bits per heavy atom. The van der Waals surface area contributed by atoms with E-state index in [0.29, 0.717) is 6.54 Å². The molecule has 0 saturated carbocycles. The molecule has 0 unspecified atom stereocenters. The third-order valence-electron chi connectivity index (χ3n) is 4.47. The molecular formula is C21H15F2N5O3S. The smallest absolute Gasteiger partial charge is 0.337 e. The highest BCUT2D eigenvalue weighted by Gasteiger charge is 2.22. The predicted molar refractivity (Wildman–Crippen MR) is 116 cm³/mol. The maximum absolute atomic E-state index is 15.5. The van der Waals surface area contributed by atoms with Crippen molar-refractivity contribution in [1.29, 1.82) is 0 Å². The Balaban J connectivity index is 1.97. The molecule has 3 N–H and O–H groups in total. The number of thiazole rings is 1. The van der Waals surface area contributed by atoms with Gasteiger partial charge in [0.1, 0.15) is 17.0 Å². The molecule has 0 aliphatic carbocycles. The fraction of sp³-hybridized carbons (Fsp3) is 0.0952. The van der Waals surface area contributed by atoms with E-state index < -0.39 is 23.6 Å². The predicted octanol–water partition coefficient (Wildman–Crippen LogP) is 4.54. The van der Waals surface area contributed by atoms with Crippen molar-refractivity contribution in [2.75, 3.05) is 11.9 Å². The second kappa shape index (κ2) is 8.63. The van der Waals surface area contributed by atoms with E-state index in [-0.39, 0.29) is 43.3 Å². The van der Waals surface area contributed by atoms with E-state index in [9.17, 15) is 19.1 Å². The first-order valence-electron chi connectivity index (χ1n) is 9.36. The number of halogens is 2. The van der Waals surface area contributed by atoms with Crippen LogP contribution < -0.4 is 10.6 Å². The molecule has 0 bridgehead atoms. The number of carbonyl (C=O) groups excluding carboxylic acids is 1. The van der Waals surface area contributed by atoms with Crippen LogP contribution in [0.4, 0.5) is 18.7 Å². The number of carbonyl (C=O) groups is 2. The van der Waals surface area contributed by atoms with Gasteiger partial charge in [-0.2, -0.15) is 0 Å². The minimum absolute atomic E-state index is 0.0250. The van der Waals surface area contributed by atoms with E-state index in [0.717, 1.165) is 17.5 Å². The number of anilines is 1. The Hall–Kier alpha value is -3.99. The summed E-state index contributed by atoms with van der Waals surface area (Å²) in [5.41, 5.74) is 0.117. The van der Waals surface area contributed by atoms with Gasteiger partial charge in [-0.1, -0.05) is 11.3 Å². The van der Waals surface area contributed by atoms with Crippen LogP contribution in [0.15, 0.2) is 42.9 Å². The highest BCUT2D eigenvalue weighted by Crippen LogP contribution is 2.41. The molecule has 0 radical (unpaired) electrons. The van der Waals surface area contributed by atoms with Crippen molar-refractivity contribution in [2.45, 2.75) is 6.92 Å². The van der Waals surface area contributed by atoms with E-state index in [2.05, 4.69) is 25.6 Å². The monoisotopic (exact) mass is 455 g/mol. The van der Waals surface area contributed by atoms with Crippen molar-refractivity contribution in [3.8, 4) is 22.4 Å². The van der Waals surface area contributed by atoms with Crippen molar-refractivity contribution in [1.82, 2.24) is 20.3 Å². The zero-order valence-electron chi connectivity index (χ0n) is 16.5. The summed E-state index contributed by atoms with van der Waals surface area (Å²) < 4.78 is 30.4. The summed E-state index contributed by atoms with van der Waals surface area (Å²) in [6, 6.07) is 4.77. The minimum atomic E-state index is -1.22. The van der Waals surface area contributed by atoms with E-state index >= 15 is 4.39 Å². The zero-order valence-corrected chi connectivity index (χ0v) is 17.3. The average Bonchev–Trinajstić information content (AvgIpc) is 3.19. The third-order valence-corrected chi connectivity index (χ3v) is 5.48. The van der Waals surface area contributed by atoms with Crippen LogP contribution in [0.2, 0.25) is 0 Å². The number of carboxylic acids is 1. The fourth-order valence-electron chi connectivity index (χ4n) is 3.08. The zero-order chi connectivity index (χ0) is 22.8. The van der Waals surface area contributed by atoms with Crippen LogP contribution in [0.3, 0.4) is 0 Å². The lowest BCUT2D eigenvalue weighted by molar-refractivity contribution is 0.0696. The molecule has 1 aromatic carbocycles. The first-order chi connectivity index (χ1) is 15.4. The van der Waals surface area contributed by atoms with E-state index in [4.69, 9.17) is 0 Å². The Morgan fingerprint density at radius 1 is 1.19 bits per heavy atom. The van der Waals surface area contributed by atoms with Crippen LogP contribution >= 0.6 is 11.3 Å². The topological polar surface area (TPSA) is 117 Å². The number of amides is 2. The number of rotatable bonds is 5. The lowest BCUT2D eigenvalue weighted by atomic mass is 10.00. The molecule has 0 saturated heterocycles. The van der Waals surface area contributed by atoms with Gasteiger partial charge in [-0.25, -0.2) is 23.4 Å². The normalized spacial score (nSPS) is 10.8. The number of aromatic carboxylic acids is 1. The van der Waals surface area contributed by atoms with Gasteiger partial charge in [-0.05, 0) is 31.2 Å². The molecule has 32 heavy (non-hydrogen) atoms. The number of hydrogen-bond donors (Lipinski definition) is 3. The molecule has 0 fully saturated rings. The van der Waals surface area contributed by atoms with E-state index in [1.54, 1.807) is 6.92 Å². The lowest BCUT2D eigenvalue weighted by Crippen LogP contribution is -2.28. The molecule has 3 heterocycles. The van der Waals surface area contributed by atoms with Crippen LogP contribution in [-0.2, 0) is 0 Å². The summed E-state index contributed by atoms with van der Waals surface area (Å²) in [6.07, 6.45) is 3.84. The summed E-state index contributed by atoms with van der Waals surface area (Å²) in [4.78, 5) is 35.3. The molecule has 8 nitrogen and oxygen atoms in total. The van der Waals surface area contributed by atoms with Crippen molar-refractivity contribution in [2.24, 2.45) is 0 Å². The molecule has 2 amide bonds. The van der Waals surface area contributed by atoms with Crippen molar-refractivity contribution >= 4 is 38.7 Å². The molecular weight excluding hydrogens is 440 g/mol. The van der Waals surface area contributed by atoms with Gasteiger partial charge in [0.05, 0.1) is 10.3 Å². The Morgan fingerprint density at radius 2 is 2.00 bits per heavy atom.